The van der Waals surface area contributed by atoms with Gasteiger partial charge in [-0.2, -0.15) is 5.26 Å². The van der Waals surface area contributed by atoms with Crippen molar-refractivity contribution in [1.29, 1.82) is 5.26 Å². The van der Waals surface area contributed by atoms with E-state index in [1.54, 1.807) is 18.2 Å². The van der Waals surface area contributed by atoms with E-state index in [1.165, 1.54) is 18.5 Å². The van der Waals surface area contributed by atoms with Crippen LogP contribution in [0.5, 0.6) is 0 Å². The summed E-state index contributed by atoms with van der Waals surface area (Å²) in [5, 5.41) is 12.0. The quantitative estimate of drug-likeness (QED) is 0.688. The summed E-state index contributed by atoms with van der Waals surface area (Å²) in [7, 11) is 0. The second-order valence-corrected chi connectivity index (χ2v) is 5.78. The first-order valence-corrected chi connectivity index (χ1v) is 8.09. The lowest BCUT2D eigenvalue weighted by Gasteiger charge is -2.17. The van der Waals surface area contributed by atoms with Crippen LogP contribution in [0.3, 0.4) is 0 Å². The van der Waals surface area contributed by atoms with E-state index in [2.05, 4.69) is 10.2 Å². The number of para-hydroxylation sites is 1. The third kappa shape index (κ3) is 3.82. The predicted octanol–water partition coefficient (Wildman–Crippen LogP) is 3.83. The second kappa shape index (κ2) is 7.47. The van der Waals surface area contributed by atoms with Crippen LogP contribution in [-0.4, -0.2) is 19.0 Å². The van der Waals surface area contributed by atoms with E-state index in [4.69, 9.17) is 0 Å². The first kappa shape index (κ1) is 15.8. The molecule has 3 rings (SSSR count). The highest BCUT2D eigenvalue weighted by molar-refractivity contribution is 6.09. The van der Waals surface area contributed by atoms with Gasteiger partial charge < -0.3 is 10.2 Å². The maximum atomic E-state index is 12.2. The highest BCUT2D eigenvalue weighted by Crippen LogP contribution is 2.21. The van der Waals surface area contributed by atoms with Crippen LogP contribution >= 0.6 is 0 Å². The van der Waals surface area contributed by atoms with Crippen LogP contribution in [0.15, 0.2) is 60.2 Å². The molecule has 0 atom stereocenters. The molecule has 2 aromatic carbocycles. The van der Waals surface area contributed by atoms with E-state index in [9.17, 15) is 10.1 Å². The molecule has 0 spiro atoms. The Kier molecular flexibility index (Phi) is 4.93. The van der Waals surface area contributed by atoms with Gasteiger partial charge in [-0.3, -0.25) is 4.79 Å². The van der Waals surface area contributed by atoms with Gasteiger partial charge in [0.05, 0.1) is 0 Å². The molecule has 1 saturated heterocycles. The maximum Gasteiger partial charge on any atom is 0.266 e. The number of carbonyl (C=O) groups is 1. The van der Waals surface area contributed by atoms with Crippen LogP contribution < -0.4 is 10.2 Å². The van der Waals surface area contributed by atoms with Crippen LogP contribution in [0.2, 0.25) is 0 Å². The van der Waals surface area contributed by atoms with Crippen molar-refractivity contribution in [3.63, 3.8) is 0 Å². The molecule has 1 heterocycles. The highest BCUT2D eigenvalue weighted by atomic mass is 16.1. The molecule has 1 aliphatic rings. The molecule has 1 fully saturated rings. The molecule has 0 unspecified atom stereocenters. The fraction of sp³-hybridized carbons (Fsp3) is 0.200. The lowest BCUT2D eigenvalue weighted by Crippen LogP contribution is -2.17. The van der Waals surface area contributed by atoms with Gasteiger partial charge in [0.25, 0.3) is 5.91 Å². The first-order valence-electron chi connectivity index (χ1n) is 8.09. The summed E-state index contributed by atoms with van der Waals surface area (Å²) in [4.78, 5) is 14.6. The average Bonchev–Trinajstić information content (AvgIpc) is 3.15. The largest absolute Gasteiger partial charge is 0.372 e. The molecular weight excluding hydrogens is 298 g/mol. The number of nitriles is 1. The molecule has 0 saturated carbocycles. The number of nitrogens with zero attached hydrogens (tertiary/aromatic N) is 2. The third-order valence-electron chi connectivity index (χ3n) is 4.07. The number of hydrogen-bond acceptors (Lipinski definition) is 3. The Bertz CT molecular complexity index is 767. The van der Waals surface area contributed by atoms with Gasteiger partial charge in [-0.25, -0.2) is 0 Å². The lowest BCUT2D eigenvalue weighted by molar-refractivity contribution is -0.112. The molecule has 120 valence electrons. The molecular formula is C20H19N3O. The standard InChI is InChI=1S/C20H19N3O/c21-15-17(20(24)22-18-6-2-1-3-7-18)14-16-8-10-19(11-9-16)23-12-4-5-13-23/h1-3,6-11,14H,4-5,12-13H2,(H,22,24). The van der Waals surface area contributed by atoms with Crippen LogP contribution in [0.4, 0.5) is 11.4 Å². The van der Waals surface area contributed by atoms with Crippen molar-refractivity contribution in [2.24, 2.45) is 0 Å². The molecule has 0 radical (unpaired) electrons. The summed E-state index contributed by atoms with van der Waals surface area (Å²) < 4.78 is 0. The minimum Gasteiger partial charge on any atom is -0.372 e. The summed E-state index contributed by atoms with van der Waals surface area (Å²) in [5.41, 5.74) is 2.80. The highest BCUT2D eigenvalue weighted by Gasteiger charge is 2.12. The Morgan fingerprint density at radius 2 is 1.71 bits per heavy atom. The predicted molar refractivity (Wildman–Crippen MR) is 96.6 cm³/mol. The Morgan fingerprint density at radius 1 is 1.04 bits per heavy atom. The Balaban J connectivity index is 1.72. The summed E-state index contributed by atoms with van der Waals surface area (Å²) >= 11 is 0. The Labute approximate surface area is 142 Å². The summed E-state index contributed by atoms with van der Waals surface area (Å²) in [5.74, 6) is -0.396. The fourth-order valence-electron chi connectivity index (χ4n) is 2.79. The van der Waals surface area contributed by atoms with E-state index in [-0.39, 0.29) is 5.57 Å². The number of hydrogen-bond donors (Lipinski definition) is 1. The zero-order chi connectivity index (χ0) is 16.8. The fourth-order valence-corrected chi connectivity index (χ4v) is 2.79. The topological polar surface area (TPSA) is 56.1 Å². The van der Waals surface area contributed by atoms with Gasteiger partial charge >= 0.3 is 0 Å². The maximum absolute atomic E-state index is 12.2. The molecule has 0 aromatic heterocycles. The van der Waals surface area contributed by atoms with Crippen molar-refractivity contribution >= 4 is 23.4 Å². The van der Waals surface area contributed by atoms with E-state index < -0.39 is 5.91 Å². The molecule has 1 amide bonds. The van der Waals surface area contributed by atoms with Crippen molar-refractivity contribution in [2.75, 3.05) is 23.3 Å². The Hall–Kier alpha value is -3.06. The number of nitrogens with one attached hydrogen (secondary N) is 1. The van der Waals surface area contributed by atoms with Crippen LogP contribution in [0.1, 0.15) is 18.4 Å². The normalized spacial score (nSPS) is 14.3. The second-order valence-electron chi connectivity index (χ2n) is 5.78. The molecule has 4 nitrogen and oxygen atoms in total. The molecule has 0 bridgehead atoms. The number of benzene rings is 2. The molecule has 2 aromatic rings. The summed E-state index contributed by atoms with van der Waals surface area (Å²) in [6.45, 7) is 2.19. The summed E-state index contributed by atoms with van der Waals surface area (Å²) in [6.07, 6.45) is 4.09. The minimum absolute atomic E-state index is 0.0905. The van der Waals surface area contributed by atoms with Crippen LogP contribution in [0.25, 0.3) is 6.08 Å². The van der Waals surface area contributed by atoms with Gasteiger partial charge in [0, 0.05) is 24.5 Å². The summed E-state index contributed by atoms with van der Waals surface area (Å²) in [6, 6.07) is 19.1. The van der Waals surface area contributed by atoms with Gasteiger partial charge in [-0.1, -0.05) is 30.3 Å². The molecule has 1 N–H and O–H groups in total. The zero-order valence-corrected chi connectivity index (χ0v) is 13.4. The third-order valence-corrected chi connectivity index (χ3v) is 4.07. The number of anilines is 2. The van der Waals surface area contributed by atoms with Gasteiger partial charge in [0.15, 0.2) is 0 Å². The number of rotatable bonds is 4. The van der Waals surface area contributed by atoms with Crippen molar-refractivity contribution in [3.8, 4) is 6.07 Å². The lowest BCUT2D eigenvalue weighted by atomic mass is 10.1. The molecule has 0 aliphatic carbocycles. The Morgan fingerprint density at radius 3 is 2.33 bits per heavy atom. The monoisotopic (exact) mass is 317 g/mol. The van der Waals surface area contributed by atoms with Crippen molar-refractivity contribution in [3.05, 3.63) is 65.7 Å². The van der Waals surface area contributed by atoms with Crippen LogP contribution in [0, 0.1) is 11.3 Å². The SMILES string of the molecule is N#CC(=Cc1ccc(N2CCCC2)cc1)C(=O)Nc1ccccc1. The van der Waals surface area contributed by atoms with E-state index in [0.717, 1.165) is 18.7 Å². The first-order chi connectivity index (χ1) is 11.8. The minimum atomic E-state index is -0.396. The molecule has 24 heavy (non-hydrogen) atoms. The van der Waals surface area contributed by atoms with E-state index >= 15 is 0 Å². The van der Waals surface area contributed by atoms with E-state index in [0.29, 0.717) is 5.69 Å². The van der Waals surface area contributed by atoms with Gasteiger partial charge in [0.2, 0.25) is 0 Å². The van der Waals surface area contributed by atoms with Crippen molar-refractivity contribution < 1.29 is 4.79 Å². The number of carbonyl (C=O) groups excluding carboxylic acids is 1. The van der Waals surface area contributed by atoms with Crippen molar-refractivity contribution in [2.45, 2.75) is 12.8 Å². The smallest absolute Gasteiger partial charge is 0.266 e. The van der Waals surface area contributed by atoms with Gasteiger partial charge in [-0.05, 0) is 48.7 Å². The van der Waals surface area contributed by atoms with Gasteiger partial charge in [0.1, 0.15) is 11.6 Å². The zero-order valence-electron chi connectivity index (χ0n) is 13.4. The molecule has 4 heteroatoms. The average molecular weight is 317 g/mol. The number of amides is 1. The van der Waals surface area contributed by atoms with Crippen molar-refractivity contribution in [1.82, 2.24) is 0 Å². The van der Waals surface area contributed by atoms with E-state index in [1.807, 2.05) is 48.5 Å². The van der Waals surface area contributed by atoms with Crippen LogP contribution in [-0.2, 0) is 4.79 Å². The molecule has 1 aliphatic heterocycles. The van der Waals surface area contributed by atoms with Gasteiger partial charge in [-0.15, -0.1) is 0 Å².